The van der Waals surface area contributed by atoms with Crippen molar-refractivity contribution in [2.24, 2.45) is 7.05 Å². The third-order valence-corrected chi connectivity index (χ3v) is 5.02. The van der Waals surface area contributed by atoms with Gasteiger partial charge in [0.05, 0.1) is 24.9 Å². The van der Waals surface area contributed by atoms with Crippen molar-refractivity contribution in [3.8, 4) is 0 Å². The van der Waals surface area contributed by atoms with Gasteiger partial charge in [-0.05, 0) is 18.6 Å². The fourth-order valence-corrected chi connectivity index (χ4v) is 3.81. The molecular weight excluding hydrogens is 318 g/mol. The average Bonchev–Trinajstić information content (AvgIpc) is 3.06. The second kappa shape index (κ2) is 6.93. The number of aryl methyl sites for hydroxylation is 1. The second-order valence-electron chi connectivity index (χ2n) is 6.76. The molecule has 25 heavy (non-hydrogen) atoms. The maximum absolute atomic E-state index is 12.9. The first-order valence-electron chi connectivity index (χ1n) is 8.73. The Hall–Kier alpha value is -2.25. The first kappa shape index (κ1) is 16.2. The van der Waals surface area contributed by atoms with E-state index in [1.807, 2.05) is 29.0 Å². The van der Waals surface area contributed by atoms with Gasteiger partial charge in [0.25, 0.3) is 5.91 Å². The van der Waals surface area contributed by atoms with E-state index in [1.54, 1.807) is 24.5 Å². The number of fused-ring (bicyclic) bond motifs is 1. The van der Waals surface area contributed by atoms with E-state index in [9.17, 15) is 4.79 Å². The van der Waals surface area contributed by atoms with E-state index in [-0.39, 0.29) is 18.1 Å². The number of pyridine rings is 1. The van der Waals surface area contributed by atoms with Gasteiger partial charge in [-0.3, -0.25) is 19.4 Å². The van der Waals surface area contributed by atoms with Gasteiger partial charge in [0.1, 0.15) is 0 Å². The van der Waals surface area contributed by atoms with Crippen molar-refractivity contribution >= 4 is 5.91 Å². The number of carbonyl (C=O) groups is 1. The summed E-state index contributed by atoms with van der Waals surface area (Å²) in [6, 6.07) is 3.66. The van der Waals surface area contributed by atoms with Crippen LogP contribution in [0.3, 0.4) is 0 Å². The minimum absolute atomic E-state index is 0.0731. The molecule has 2 atom stereocenters. The molecule has 0 radical (unpaired) electrons. The topological polar surface area (TPSA) is 63.5 Å². The lowest BCUT2D eigenvalue weighted by atomic mass is 9.97. The molecule has 4 rings (SSSR count). The van der Waals surface area contributed by atoms with E-state index in [0.717, 1.165) is 26.1 Å². The molecule has 2 aliphatic heterocycles. The number of hydrogen-bond acceptors (Lipinski definition) is 5. The summed E-state index contributed by atoms with van der Waals surface area (Å²) in [6.45, 7) is 3.92. The van der Waals surface area contributed by atoms with Crippen LogP contribution >= 0.6 is 0 Å². The number of carbonyl (C=O) groups excluding carboxylic acids is 1. The van der Waals surface area contributed by atoms with Gasteiger partial charge in [0, 0.05) is 62.9 Å². The number of ether oxygens (including phenoxy) is 1. The predicted molar refractivity (Wildman–Crippen MR) is 91.9 cm³/mol. The van der Waals surface area contributed by atoms with Gasteiger partial charge in [0.15, 0.2) is 0 Å². The molecule has 7 heteroatoms. The molecule has 0 spiro atoms. The zero-order chi connectivity index (χ0) is 17.2. The summed E-state index contributed by atoms with van der Waals surface area (Å²) in [5.74, 6) is 0.0731. The van der Waals surface area contributed by atoms with Crippen LogP contribution in [0.5, 0.6) is 0 Å². The third kappa shape index (κ3) is 3.43. The van der Waals surface area contributed by atoms with Crippen LogP contribution in [0.2, 0.25) is 0 Å². The summed E-state index contributed by atoms with van der Waals surface area (Å²) in [5.41, 5.74) is 1.89. The Bertz CT molecular complexity index is 732. The fourth-order valence-electron chi connectivity index (χ4n) is 3.81. The van der Waals surface area contributed by atoms with Gasteiger partial charge in [-0.15, -0.1) is 0 Å². The molecule has 132 valence electrons. The van der Waals surface area contributed by atoms with Crippen LogP contribution in [0.1, 0.15) is 22.3 Å². The Labute approximate surface area is 147 Å². The average molecular weight is 341 g/mol. The zero-order valence-corrected chi connectivity index (χ0v) is 14.4. The quantitative estimate of drug-likeness (QED) is 0.831. The van der Waals surface area contributed by atoms with Crippen molar-refractivity contribution in [1.82, 2.24) is 24.6 Å². The molecule has 2 aromatic heterocycles. The van der Waals surface area contributed by atoms with Crippen LogP contribution < -0.4 is 0 Å². The molecule has 0 N–H and O–H groups in total. The molecule has 1 amide bonds. The van der Waals surface area contributed by atoms with E-state index in [0.29, 0.717) is 18.7 Å². The number of morpholine rings is 1. The molecule has 0 bridgehead atoms. The van der Waals surface area contributed by atoms with Gasteiger partial charge in [0.2, 0.25) is 0 Å². The van der Waals surface area contributed by atoms with Crippen molar-refractivity contribution in [2.75, 3.05) is 26.2 Å². The van der Waals surface area contributed by atoms with Crippen molar-refractivity contribution in [3.63, 3.8) is 0 Å². The molecule has 2 fully saturated rings. The smallest absolute Gasteiger partial charge is 0.254 e. The van der Waals surface area contributed by atoms with Gasteiger partial charge < -0.3 is 9.64 Å². The minimum Gasteiger partial charge on any atom is -0.374 e. The summed E-state index contributed by atoms with van der Waals surface area (Å²) >= 11 is 0. The number of hydrogen-bond donors (Lipinski definition) is 0. The standard InChI is InChI=1S/C18H23N5O2/c1-21-11-14(10-20-21)12-22-7-4-17-16(13-22)23(8-9-25-17)18(24)15-2-5-19-6-3-15/h2-3,5-6,10-11,16-17H,4,7-9,12-13H2,1H3/t16-,17+/m1/s1. The molecule has 0 saturated carbocycles. The molecule has 2 aromatic rings. The third-order valence-electron chi connectivity index (χ3n) is 5.02. The maximum Gasteiger partial charge on any atom is 0.254 e. The molecule has 2 aliphatic rings. The van der Waals surface area contributed by atoms with Gasteiger partial charge in [-0.2, -0.15) is 5.10 Å². The molecular formula is C18H23N5O2. The summed E-state index contributed by atoms with van der Waals surface area (Å²) in [6.07, 6.45) is 8.36. The van der Waals surface area contributed by atoms with Crippen LogP contribution in [0, 0.1) is 0 Å². The summed E-state index contributed by atoms with van der Waals surface area (Å²) in [7, 11) is 1.93. The molecule has 0 unspecified atom stereocenters. The Morgan fingerprint density at radius 3 is 2.92 bits per heavy atom. The van der Waals surface area contributed by atoms with E-state index < -0.39 is 0 Å². The van der Waals surface area contributed by atoms with E-state index in [4.69, 9.17) is 4.74 Å². The first-order chi connectivity index (χ1) is 12.2. The predicted octanol–water partition coefficient (Wildman–Crippen LogP) is 0.931. The number of aromatic nitrogens is 3. The maximum atomic E-state index is 12.9. The van der Waals surface area contributed by atoms with Crippen LogP contribution in [0.25, 0.3) is 0 Å². The normalized spacial score (nSPS) is 24.1. The SMILES string of the molecule is Cn1cc(CN2CC[C@@H]3OCCN(C(=O)c4ccncc4)[C@@H]3C2)cn1. The molecule has 4 heterocycles. The van der Waals surface area contributed by atoms with Gasteiger partial charge in [-0.25, -0.2) is 0 Å². The highest BCUT2D eigenvalue weighted by Crippen LogP contribution is 2.25. The highest BCUT2D eigenvalue weighted by Gasteiger charge is 2.39. The number of piperidine rings is 1. The lowest BCUT2D eigenvalue weighted by Crippen LogP contribution is -2.61. The van der Waals surface area contributed by atoms with Crippen LogP contribution in [0.15, 0.2) is 36.9 Å². The lowest BCUT2D eigenvalue weighted by molar-refractivity contribution is -0.0914. The summed E-state index contributed by atoms with van der Waals surface area (Å²) in [4.78, 5) is 21.3. The minimum atomic E-state index is 0.0731. The van der Waals surface area contributed by atoms with Gasteiger partial charge >= 0.3 is 0 Å². The van der Waals surface area contributed by atoms with E-state index in [2.05, 4.69) is 15.0 Å². The van der Waals surface area contributed by atoms with Crippen molar-refractivity contribution in [2.45, 2.75) is 25.1 Å². The van der Waals surface area contributed by atoms with Crippen LogP contribution in [-0.2, 0) is 18.3 Å². The summed E-state index contributed by atoms with van der Waals surface area (Å²) < 4.78 is 7.78. The van der Waals surface area contributed by atoms with E-state index >= 15 is 0 Å². The van der Waals surface area contributed by atoms with Gasteiger partial charge in [-0.1, -0.05) is 0 Å². The molecule has 7 nitrogen and oxygen atoms in total. The Kier molecular flexibility index (Phi) is 4.50. The van der Waals surface area contributed by atoms with E-state index in [1.165, 1.54) is 5.56 Å². The monoisotopic (exact) mass is 341 g/mol. The Morgan fingerprint density at radius 2 is 2.16 bits per heavy atom. The molecule has 0 aromatic carbocycles. The Balaban J connectivity index is 1.48. The molecule has 0 aliphatic carbocycles. The first-order valence-corrected chi connectivity index (χ1v) is 8.73. The number of likely N-dealkylation sites (tertiary alicyclic amines) is 1. The highest BCUT2D eigenvalue weighted by molar-refractivity contribution is 5.94. The van der Waals surface area contributed by atoms with Crippen LogP contribution in [-0.4, -0.2) is 68.9 Å². The largest absolute Gasteiger partial charge is 0.374 e. The number of rotatable bonds is 3. The number of nitrogens with zero attached hydrogens (tertiary/aromatic N) is 5. The van der Waals surface area contributed by atoms with Crippen LogP contribution in [0.4, 0.5) is 0 Å². The fraction of sp³-hybridized carbons (Fsp3) is 0.500. The van der Waals surface area contributed by atoms with Crippen molar-refractivity contribution < 1.29 is 9.53 Å². The number of amides is 1. The Morgan fingerprint density at radius 1 is 1.32 bits per heavy atom. The summed E-state index contributed by atoms with van der Waals surface area (Å²) in [5, 5.41) is 4.24. The zero-order valence-electron chi connectivity index (χ0n) is 14.4. The van der Waals surface area contributed by atoms with Crippen molar-refractivity contribution in [3.05, 3.63) is 48.0 Å². The van der Waals surface area contributed by atoms with Crippen molar-refractivity contribution in [1.29, 1.82) is 0 Å². The second-order valence-corrected chi connectivity index (χ2v) is 6.76. The highest BCUT2D eigenvalue weighted by atomic mass is 16.5. The lowest BCUT2D eigenvalue weighted by Gasteiger charge is -2.47. The molecule has 2 saturated heterocycles.